The first-order valence-corrected chi connectivity index (χ1v) is 10.0. The van der Waals surface area contributed by atoms with Crippen LogP contribution in [0.15, 0.2) is 24.0 Å². The standard InChI is InChI=1S/C22H36O4/c1-4-5-14-21(2,3)17-13-19(24)22(16-10-11-18(22)23)15-9-7-6-8-12-20(25)26/h7,9,13,24H,4-6,8,10-12,14-17H2,1-3H3,(H,25,26)/b9-7-,19-13+/t22-/m0/s1. The van der Waals surface area contributed by atoms with Gasteiger partial charge in [0.15, 0.2) is 0 Å². The molecule has 1 atom stereocenters. The molecule has 0 aliphatic heterocycles. The van der Waals surface area contributed by atoms with E-state index in [1.807, 2.05) is 18.2 Å². The summed E-state index contributed by atoms with van der Waals surface area (Å²) in [6.07, 6.45) is 14.0. The summed E-state index contributed by atoms with van der Waals surface area (Å²) in [6.45, 7) is 6.59. The highest BCUT2D eigenvalue weighted by atomic mass is 16.4. The molecule has 0 aromatic carbocycles. The van der Waals surface area contributed by atoms with Gasteiger partial charge in [-0.15, -0.1) is 0 Å². The third-order valence-electron chi connectivity index (χ3n) is 5.48. The maximum absolute atomic E-state index is 12.5. The zero-order valence-corrected chi connectivity index (χ0v) is 16.7. The van der Waals surface area contributed by atoms with E-state index in [2.05, 4.69) is 20.8 Å². The second-order valence-corrected chi connectivity index (χ2v) is 8.38. The minimum absolute atomic E-state index is 0.125. The van der Waals surface area contributed by atoms with E-state index in [1.165, 1.54) is 6.42 Å². The van der Waals surface area contributed by atoms with Crippen LogP contribution in [0.1, 0.15) is 91.4 Å². The van der Waals surface area contributed by atoms with Crippen molar-refractivity contribution in [2.45, 2.75) is 91.4 Å². The Balaban J connectivity index is 2.72. The number of aliphatic carboxylic acids is 1. The number of allylic oxidation sites excluding steroid dienone is 4. The average Bonchev–Trinajstić information content (AvgIpc) is 2.95. The molecule has 2 N–H and O–H groups in total. The summed E-state index contributed by atoms with van der Waals surface area (Å²) in [5.74, 6) is -0.417. The topological polar surface area (TPSA) is 74.6 Å². The van der Waals surface area contributed by atoms with Crippen molar-refractivity contribution in [3.63, 3.8) is 0 Å². The number of Topliss-reactive ketones (excluding diaryl/α,β-unsaturated/α-hetero) is 1. The SMILES string of the molecule is CCCCC(C)(C)C/C=C(/O)[C@@]1(C/C=C\CCCC(=O)O)CCCC1=O. The van der Waals surface area contributed by atoms with Gasteiger partial charge in [-0.2, -0.15) is 0 Å². The summed E-state index contributed by atoms with van der Waals surface area (Å²) >= 11 is 0. The van der Waals surface area contributed by atoms with Crippen LogP contribution >= 0.6 is 0 Å². The number of hydrogen-bond acceptors (Lipinski definition) is 3. The van der Waals surface area contributed by atoms with E-state index in [-0.39, 0.29) is 23.4 Å². The molecule has 1 aliphatic carbocycles. The Kier molecular flexibility index (Phi) is 9.11. The molecule has 0 spiro atoms. The molecule has 0 radical (unpaired) electrons. The minimum atomic E-state index is -0.785. The van der Waals surface area contributed by atoms with Gasteiger partial charge < -0.3 is 10.2 Å². The number of rotatable bonds is 12. The van der Waals surface area contributed by atoms with E-state index in [0.29, 0.717) is 32.1 Å². The fraction of sp³-hybridized carbons (Fsp3) is 0.727. The van der Waals surface area contributed by atoms with Crippen molar-refractivity contribution < 1.29 is 19.8 Å². The van der Waals surface area contributed by atoms with Crippen LogP contribution in [-0.2, 0) is 9.59 Å². The Morgan fingerprint density at radius 2 is 1.96 bits per heavy atom. The first-order valence-electron chi connectivity index (χ1n) is 10.0. The summed E-state index contributed by atoms with van der Waals surface area (Å²) < 4.78 is 0. The first kappa shape index (κ1) is 22.5. The van der Waals surface area contributed by atoms with Gasteiger partial charge in [-0.25, -0.2) is 0 Å². The number of unbranched alkanes of at least 4 members (excludes halogenated alkanes) is 2. The van der Waals surface area contributed by atoms with Crippen LogP contribution in [-0.4, -0.2) is 22.0 Å². The van der Waals surface area contributed by atoms with E-state index in [4.69, 9.17) is 5.11 Å². The Hall–Kier alpha value is -1.58. The lowest BCUT2D eigenvalue weighted by Gasteiger charge is -2.28. The van der Waals surface area contributed by atoms with Gasteiger partial charge in [0, 0.05) is 12.8 Å². The Morgan fingerprint density at radius 3 is 2.54 bits per heavy atom. The number of aliphatic hydroxyl groups is 1. The molecule has 0 amide bonds. The monoisotopic (exact) mass is 364 g/mol. The lowest BCUT2D eigenvalue weighted by molar-refractivity contribution is -0.137. The minimum Gasteiger partial charge on any atom is -0.512 e. The summed E-state index contributed by atoms with van der Waals surface area (Å²) in [5.41, 5.74) is -0.635. The summed E-state index contributed by atoms with van der Waals surface area (Å²) in [5, 5.41) is 19.4. The summed E-state index contributed by atoms with van der Waals surface area (Å²) in [7, 11) is 0. The fourth-order valence-electron chi connectivity index (χ4n) is 3.62. The molecule has 0 aromatic heterocycles. The third-order valence-corrected chi connectivity index (χ3v) is 5.48. The number of carbonyl (C=O) groups excluding carboxylic acids is 1. The molecule has 1 saturated carbocycles. The predicted molar refractivity (Wildman–Crippen MR) is 105 cm³/mol. The molecule has 1 fully saturated rings. The van der Waals surface area contributed by atoms with Gasteiger partial charge in [-0.1, -0.05) is 45.8 Å². The molecule has 26 heavy (non-hydrogen) atoms. The molecule has 0 bridgehead atoms. The van der Waals surface area contributed by atoms with Gasteiger partial charge in [0.25, 0.3) is 0 Å². The van der Waals surface area contributed by atoms with Gasteiger partial charge in [0.05, 0.1) is 5.41 Å². The molecule has 4 heteroatoms. The van der Waals surface area contributed by atoms with Crippen molar-refractivity contribution in [3.05, 3.63) is 24.0 Å². The maximum Gasteiger partial charge on any atom is 0.303 e. The highest BCUT2D eigenvalue weighted by molar-refractivity contribution is 5.89. The van der Waals surface area contributed by atoms with Crippen molar-refractivity contribution in [1.82, 2.24) is 0 Å². The quantitative estimate of drug-likeness (QED) is 0.254. The van der Waals surface area contributed by atoms with Gasteiger partial charge in [-0.3, -0.25) is 9.59 Å². The van der Waals surface area contributed by atoms with Gasteiger partial charge in [0.1, 0.15) is 11.5 Å². The lowest BCUT2D eigenvalue weighted by atomic mass is 9.77. The van der Waals surface area contributed by atoms with E-state index < -0.39 is 11.4 Å². The summed E-state index contributed by atoms with van der Waals surface area (Å²) in [4.78, 5) is 23.1. The highest BCUT2D eigenvalue weighted by Gasteiger charge is 2.44. The molecule has 148 valence electrons. The Bertz CT molecular complexity index is 530. The van der Waals surface area contributed by atoms with E-state index in [0.717, 1.165) is 25.7 Å². The number of aliphatic hydroxyl groups excluding tert-OH is 1. The molecule has 4 nitrogen and oxygen atoms in total. The molecular weight excluding hydrogens is 328 g/mol. The Labute approximate surface area is 158 Å². The van der Waals surface area contributed by atoms with Crippen molar-refractivity contribution in [2.24, 2.45) is 10.8 Å². The number of carbonyl (C=O) groups is 2. The van der Waals surface area contributed by atoms with Gasteiger partial charge in [0.2, 0.25) is 0 Å². The Morgan fingerprint density at radius 1 is 1.23 bits per heavy atom. The number of hydrogen-bond donors (Lipinski definition) is 2. The number of carboxylic acids is 1. The van der Waals surface area contributed by atoms with Crippen molar-refractivity contribution >= 4 is 11.8 Å². The third kappa shape index (κ3) is 6.97. The van der Waals surface area contributed by atoms with Crippen LogP contribution in [0.25, 0.3) is 0 Å². The van der Waals surface area contributed by atoms with Crippen LogP contribution in [0, 0.1) is 10.8 Å². The molecule has 0 heterocycles. The van der Waals surface area contributed by atoms with E-state index in [9.17, 15) is 14.7 Å². The largest absolute Gasteiger partial charge is 0.512 e. The lowest BCUT2D eigenvalue weighted by Crippen LogP contribution is -2.28. The van der Waals surface area contributed by atoms with Gasteiger partial charge >= 0.3 is 5.97 Å². The van der Waals surface area contributed by atoms with E-state index in [1.54, 1.807) is 0 Å². The molecule has 0 aromatic rings. The van der Waals surface area contributed by atoms with E-state index >= 15 is 0 Å². The average molecular weight is 365 g/mol. The van der Waals surface area contributed by atoms with Crippen LogP contribution < -0.4 is 0 Å². The van der Waals surface area contributed by atoms with Crippen LogP contribution in [0.4, 0.5) is 0 Å². The van der Waals surface area contributed by atoms with Crippen molar-refractivity contribution in [3.8, 4) is 0 Å². The van der Waals surface area contributed by atoms with Crippen LogP contribution in [0.3, 0.4) is 0 Å². The van der Waals surface area contributed by atoms with Crippen molar-refractivity contribution in [2.75, 3.05) is 0 Å². The second-order valence-electron chi connectivity index (χ2n) is 8.38. The predicted octanol–water partition coefficient (Wildman–Crippen LogP) is 5.98. The maximum atomic E-state index is 12.5. The van der Waals surface area contributed by atoms with Crippen molar-refractivity contribution in [1.29, 1.82) is 0 Å². The number of carboxylic acid groups (broad SMARTS) is 1. The highest BCUT2D eigenvalue weighted by Crippen LogP contribution is 2.44. The second kappa shape index (κ2) is 10.5. The number of ketones is 1. The summed E-state index contributed by atoms with van der Waals surface area (Å²) in [6, 6.07) is 0. The molecule has 0 saturated heterocycles. The molecule has 0 unspecified atom stereocenters. The zero-order valence-electron chi connectivity index (χ0n) is 16.7. The van der Waals surface area contributed by atoms with Gasteiger partial charge in [-0.05, 0) is 56.4 Å². The van der Waals surface area contributed by atoms with Crippen LogP contribution in [0.2, 0.25) is 0 Å². The molecular formula is C22H36O4. The molecule has 1 aliphatic rings. The molecule has 1 rings (SSSR count). The first-order chi connectivity index (χ1) is 12.2. The zero-order chi connectivity index (χ0) is 19.6. The smallest absolute Gasteiger partial charge is 0.303 e. The fourth-order valence-corrected chi connectivity index (χ4v) is 3.62. The van der Waals surface area contributed by atoms with Crippen LogP contribution in [0.5, 0.6) is 0 Å². The normalized spacial score (nSPS) is 21.7.